The van der Waals surface area contributed by atoms with Gasteiger partial charge in [-0.1, -0.05) is 42.1 Å². The van der Waals surface area contributed by atoms with Crippen LogP contribution < -0.4 is 0 Å². The van der Waals surface area contributed by atoms with E-state index in [0.717, 1.165) is 33.6 Å². The molecule has 0 aliphatic heterocycles. The molecule has 0 radical (unpaired) electrons. The van der Waals surface area contributed by atoms with Crippen LogP contribution in [-0.2, 0) is 18.6 Å². The fraction of sp³-hybridized carbons (Fsp3) is 0.278. The molecule has 0 spiro atoms. The second-order valence-corrected chi connectivity index (χ2v) is 8.14. The van der Waals surface area contributed by atoms with Gasteiger partial charge in [0, 0.05) is 10.6 Å². The Morgan fingerprint density at radius 1 is 1.17 bits per heavy atom. The second-order valence-electron chi connectivity index (χ2n) is 6.11. The lowest BCUT2D eigenvalue weighted by Crippen LogP contribution is -1.98. The maximum Gasteiger partial charge on any atom is 0.197 e. The lowest BCUT2D eigenvalue weighted by Gasteiger charge is -2.05. The average Bonchev–Trinajstić information content (AvgIpc) is 3.27. The van der Waals surface area contributed by atoms with Crippen LogP contribution in [0.3, 0.4) is 0 Å². The van der Waals surface area contributed by atoms with Gasteiger partial charge < -0.3 is 0 Å². The predicted octanol–water partition coefficient (Wildman–Crippen LogP) is 4.43. The quantitative estimate of drug-likeness (QED) is 0.512. The van der Waals surface area contributed by atoms with E-state index in [1.807, 2.05) is 24.3 Å². The molecule has 0 fully saturated rings. The van der Waals surface area contributed by atoms with Crippen LogP contribution >= 0.6 is 23.1 Å². The molecule has 4 nitrogen and oxygen atoms in total. The Morgan fingerprint density at radius 3 is 2.92 bits per heavy atom. The Morgan fingerprint density at radius 2 is 2.04 bits per heavy atom. The molecule has 1 aromatic carbocycles. The van der Waals surface area contributed by atoms with E-state index in [9.17, 15) is 0 Å². The van der Waals surface area contributed by atoms with Crippen LogP contribution in [0.5, 0.6) is 0 Å². The zero-order valence-corrected chi connectivity index (χ0v) is 15.0. The molecule has 24 heavy (non-hydrogen) atoms. The zero-order chi connectivity index (χ0) is 16.1. The van der Waals surface area contributed by atoms with E-state index < -0.39 is 0 Å². The highest BCUT2D eigenvalue weighted by molar-refractivity contribution is 7.98. The third kappa shape index (κ3) is 2.17. The van der Waals surface area contributed by atoms with Gasteiger partial charge in [-0.05, 0) is 37.3 Å². The Bertz CT molecular complexity index is 1050. The Hall–Kier alpha value is -1.92. The lowest BCUT2D eigenvalue weighted by molar-refractivity contribution is 0.870. The summed E-state index contributed by atoms with van der Waals surface area (Å²) >= 11 is 3.56. The molecule has 120 valence electrons. The van der Waals surface area contributed by atoms with Gasteiger partial charge in [0.15, 0.2) is 10.8 Å². The minimum absolute atomic E-state index is 0.890. The van der Waals surface area contributed by atoms with Crippen LogP contribution in [0.25, 0.3) is 15.9 Å². The molecule has 3 heterocycles. The predicted molar refractivity (Wildman–Crippen MR) is 98.9 cm³/mol. The highest BCUT2D eigenvalue weighted by atomic mass is 32.2. The van der Waals surface area contributed by atoms with Gasteiger partial charge in [-0.2, -0.15) is 0 Å². The number of nitrogens with zero attached hydrogens (tertiary/aromatic N) is 4. The van der Waals surface area contributed by atoms with Gasteiger partial charge in [-0.25, -0.2) is 4.98 Å². The van der Waals surface area contributed by atoms with Gasteiger partial charge in [0.1, 0.15) is 10.7 Å². The van der Waals surface area contributed by atoms with E-state index in [1.165, 1.54) is 34.2 Å². The van der Waals surface area contributed by atoms with Crippen LogP contribution in [0.4, 0.5) is 0 Å². The van der Waals surface area contributed by atoms with Crippen molar-refractivity contribution in [2.75, 3.05) is 0 Å². The summed E-state index contributed by atoms with van der Waals surface area (Å²) in [5.74, 6) is 1.86. The third-order valence-electron chi connectivity index (χ3n) is 4.56. The van der Waals surface area contributed by atoms with Crippen LogP contribution in [0.15, 0.2) is 35.5 Å². The summed E-state index contributed by atoms with van der Waals surface area (Å²) in [5, 5.41) is 11.2. The minimum Gasteiger partial charge on any atom is -0.257 e. The highest BCUT2D eigenvalue weighted by Gasteiger charge is 2.23. The maximum atomic E-state index is 4.84. The summed E-state index contributed by atoms with van der Waals surface area (Å²) in [4.78, 5) is 7.46. The molecule has 0 saturated carbocycles. The number of benzene rings is 1. The minimum atomic E-state index is 0.890. The van der Waals surface area contributed by atoms with E-state index in [1.54, 1.807) is 11.8 Å². The van der Waals surface area contributed by atoms with Crippen molar-refractivity contribution in [3.63, 3.8) is 0 Å². The number of rotatable bonds is 3. The van der Waals surface area contributed by atoms with Crippen molar-refractivity contribution in [2.24, 2.45) is 0 Å². The van der Waals surface area contributed by atoms with Crippen LogP contribution in [0.2, 0.25) is 0 Å². The Labute approximate surface area is 147 Å². The molecule has 0 saturated heterocycles. The molecule has 4 aromatic rings. The van der Waals surface area contributed by atoms with Crippen molar-refractivity contribution >= 4 is 39.0 Å². The Balaban J connectivity index is 1.62. The number of fused-ring (bicyclic) bond motifs is 5. The summed E-state index contributed by atoms with van der Waals surface area (Å²) in [6, 6.07) is 10.5. The number of hydrogen-bond donors (Lipinski definition) is 0. The molecule has 0 unspecified atom stereocenters. The SMILES string of the molecule is Cc1nc2sc3c(c2c2nnc(SCc4ccccc4)n12)CCC3. The molecule has 1 aliphatic carbocycles. The first-order chi connectivity index (χ1) is 11.8. The molecule has 0 N–H and O–H groups in total. The van der Waals surface area contributed by atoms with Crippen LogP contribution in [0, 0.1) is 6.92 Å². The molecule has 3 aromatic heterocycles. The number of aromatic nitrogens is 4. The maximum absolute atomic E-state index is 4.84. The van der Waals surface area contributed by atoms with Gasteiger partial charge in [0.25, 0.3) is 0 Å². The smallest absolute Gasteiger partial charge is 0.197 e. The second kappa shape index (κ2) is 5.57. The molecule has 6 heteroatoms. The average molecular weight is 352 g/mol. The first-order valence-electron chi connectivity index (χ1n) is 8.14. The first kappa shape index (κ1) is 14.4. The fourth-order valence-electron chi connectivity index (χ4n) is 3.44. The number of aryl methyl sites for hydroxylation is 3. The standard InChI is InChI=1S/C18H16N4S2/c1-11-19-17-15(13-8-5-9-14(13)24-17)16-20-21-18(22(11)16)23-10-12-6-3-2-4-7-12/h2-4,6-7H,5,8-10H2,1H3. The first-order valence-corrected chi connectivity index (χ1v) is 9.94. The molecule has 0 atom stereocenters. The van der Waals surface area contributed by atoms with Crippen molar-refractivity contribution in [3.05, 3.63) is 52.2 Å². The van der Waals surface area contributed by atoms with Crippen molar-refractivity contribution in [1.29, 1.82) is 0 Å². The summed E-state index contributed by atoms with van der Waals surface area (Å²) in [6.45, 7) is 2.05. The highest BCUT2D eigenvalue weighted by Crippen LogP contribution is 2.39. The summed E-state index contributed by atoms with van der Waals surface area (Å²) in [5.41, 5.74) is 3.73. The van der Waals surface area contributed by atoms with Crippen molar-refractivity contribution in [1.82, 2.24) is 19.6 Å². The van der Waals surface area contributed by atoms with Crippen LogP contribution in [0.1, 0.15) is 28.2 Å². The topological polar surface area (TPSA) is 43.1 Å². The van der Waals surface area contributed by atoms with E-state index in [2.05, 4.69) is 38.9 Å². The monoisotopic (exact) mass is 352 g/mol. The molecule has 1 aliphatic rings. The summed E-state index contributed by atoms with van der Waals surface area (Å²) in [7, 11) is 0. The number of thioether (sulfide) groups is 1. The molecule has 0 amide bonds. The van der Waals surface area contributed by atoms with Crippen molar-refractivity contribution in [2.45, 2.75) is 37.1 Å². The summed E-state index contributed by atoms with van der Waals surface area (Å²) < 4.78 is 2.13. The van der Waals surface area contributed by atoms with Crippen molar-refractivity contribution in [3.8, 4) is 0 Å². The number of thiophene rings is 1. The van der Waals surface area contributed by atoms with Gasteiger partial charge >= 0.3 is 0 Å². The summed E-state index contributed by atoms with van der Waals surface area (Å²) in [6.07, 6.45) is 3.58. The molecular formula is C18H16N4S2. The van der Waals surface area contributed by atoms with Gasteiger partial charge in [-0.15, -0.1) is 21.5 Å². The van der Waals surface area contributed by atoms with Crippen LogP contribution in [-0.4, -0.2) is 19.6 Å². The number of hydrogen-bond acceptors (Lipinski definition) is 5. The van der Waals surface area contributed by atoms with E-state index >= 15 is 0 Å². The zero-order valence-electron chi connectivity index (χ0n) is 13.3. The molecule has 0 bridgehead atoms. The lowest BCUT2D eigenvalue weighted by atomic mass is 10.2. The fourth-order valence-corrected chi connectivity index (χ4v) is 5.67. The third-order valence-corrected chi connectivity index (χ3v) is 6.74. The van der Waals surface area contributed by atoms with Gasteiger partial charge in [0.05, 0.1) is 5.39 Å². The van der Waals surface area contributed by atoms with E-state index in [4.69, 9.17) is 4.98 Å². The van der Waals surface area contributed by atoms with E-state index in [-0.39, 0.29) is 0 Å². The molecule has 5 rings (SSSR count). The molecular weight excluding hydrogens is 336 g/mol. The van der Waals surface area contributed by atoms with Crippen molar-refractivity contribution < 1.29 is 0 Å². The van der Waals surface area contributed by atoms with E-state index in [0.29, 0.717) is 0 Å². The largest absolute Gasteiger partial charge is 0.257 e. The van der Waals surface area contributed by atoms with Gasteiger partial charge in [0.2, 0.25) is 0 Å². The van der Waals surface area contributed by atoms with Gasteiger partial charge in [-0.3, -0.25) is 4.40 Å². The Kier molecular flexibility index (Phi) is 3.35. The normalized spacial score (nSPS) is 13.9.